The van der Waals surface area contributed by atoms with Crippen LogP contribution in [0.4, 0.5) is 0 Å². The third kappa shape index (κ3) is 55.4. The van der Waals surface area contributed by atoms with Crippen molar-refractivity contribution in [1.82, 2.24) is 0 Å². The zero-order valence-corrected chi connectivity index (χ0v) is 49.3. The van der Waals surface area contributed by atoms with Crippen LogP contribution >= 0.6 is 7.82 Å². The summed E-state index contributed by atoms with van der Waals surface area (Å²) < 4.78 is 39.5. The standard InChI is InChI=1S/C64H111O11P/c1-4-7-10-13-16-19-22-25-28-29-30-31-34-37-40-43-46-49-52-55-64(68)75-61(57-71-62(66)53-50-47-44-41-38-35-32-26-23-20-17-14-11-8-5-2)59-73-76(69,70)72-58-60(56-65)74-63(67)54-51-48-45-42-39-36-33-27-24-21-18-15-12-9-6-3/h9,12,18,21,25-28,32-33,39,42,48,51,60-61,65H,4-8,10-11,13-17,19-20,22-24,29-31,34-38,40-41,43-47,49-50,52-59H2,1-3H3,(H,69,70)/b12-9-,21-18-,28-25-,32-26-,33-27-,42-39-,51-48-. The maximum Gasteiger partial charge on any atom is 0.472 e. The molecule has 0 aliphatic rings. The van der Waals surface area contributed by atoms with E-state index < -0.39 is 57.8 Å². The number of aliphatic hydroxyl groups excluding tert-OH is 1. The summed E-state index contributed by atoms with van der Waals surface area (Å²) in [6.07, 6.45) is 67.1. The van der Waals surface area contributed by atoms with Crippen molar-refractivity contribution in [1.29, 1.82) is 0 Å². The molecule has 0 saturated heterocycles. The second kappa shape index (κ2) is 57.8. The molecule has 0 rings (SSSR count). The Morgan fingerprint density at radius 2 is 0.737 bits per heavy atom. The minimum atomic E-state index is -4.78. The van der Waals surface area contributed by atoms with Crippen LogP contribution in [0.3, 0.4) is 0 Å². The van der Waals surface area contributed by atoms with Crippen LogP contribution in [0.15, 0.2) is 85.1 Å². The fourth-order valence-electron chi connectivity index (χ4n) is 8.19. The molecule has 3 unspecified atom stereocenters. The Morgan fingerprint density at radius 3 is 1.14 bits per heavy atom. The predicted molar refractivity (Wildman–Crippen MR) is 316 cm³/mol. The Morgan fingerprint density at radius 1 is 0.395 bits per heavy atom. The number of ether oxygens (including phenoxy) is 3. The van der Waals surface area contributed by atoms with Gasteiger partial charge in [0.05, 0.1) is 26.2 Å². The molecular weight excluding hydrogens is 976 g/mol. The van der Waals surface area contributed by atoms with Crippen LogP contribution in [0, 0.1) is 0 Å². The van der Waals surface area contributed by atoms with Gasteiger partial charge in [-0.1, -0.05) is 234 Å². The predicted octanol–water partition coefficient (Wildman–Crippen LogP) is 18.3. The van der Waals surface area contributed by atoms with Crippen LogP contribution in [-0.4, -0.2) is 66.5 Å². The molecule has 0 aromatic rings. The molecule has 0 radical (unpaired) electrons. The molecule has 12 heteroatoms. The second-order valence-electron chi connectivity index (χ2n) is 20.1. The van der Waals surface area contributed by atoms with Crippen molar-refractivity contribution in [2.75, 3.05) is 26.4 Å². The Hall–Kier alpha value is -3.34. The molecule has 3 atom stereocenters. The van der Waals surface area contributed by atoms with E-state index in [0.29, 0.717) is 19.3 Å². The number of rotatable bonds is 56. The number of hydrogen-bond acceptors (Lipinski definition) is 10. The van der Waals surface area contributed by atoms with Gasteiger partial charge in [-0.25, -0.2) is 4.57 Å². The lowest BCUT2D eigenvalue weighted by atomic mass is 10.1. The van der Waals surface area contributed by atoms with Crippen molar-refractivity contribution in [3.8, 4) is 0 Å². The van der Waals surface area contributed by atoms with Gasteiger partial charge in [0.15, 0.2) is 6.10 Å². The summed E-state index contributed by atoms with van der Waals surface area (Å²) in [6.45, 7) is 4.42. The van der Waals surface area contributed by atoms with Crippen molar-refractivity contribution in [3.63, 3.8) is 0 Å². The van der Waals surface area contributed by atoms with Gasteiger partial charge in [0.25, 0.3) is 0 Å². The van der Waals surface area contributed by atoms with Crippen molar-refractivity contribution in [2.45, 2.75) is 277 Å². The van der Waals surface area contributed by atoms with E-state index in [2.05, 4.69) is 81.5 Å². The van der Waals surface area contributed by atoms with Gasteiger partial charge < -0.3 is 24.2 Å². The van der Waals surface area contributed by atoms with Gasteiger partial charge in [-0.05, 0) is 96.3 Å². The van der Waals surface area contributed by atoms with Crippen LogP contribution in [0.2, 0.25) is 0 Å². The van der Waals surface area contributed by atoms with E-state index >= 15 is 0 Å². The molecule has 0 spiro atoms. The average Bonchev–Trinajstić information content (AvgIpc) is 3.41. The van der Waals surface area contributed by atoms with E-state index in [0.717, 1.165) is 83.5 Å². The van der Waals surface area contributed by atoms with Crippen LogP contribution in [0.5, 0.6) is 0 Å². The fourth-order valence-corrected chi connectivity index (χ4v) is 8.97. The van der Waals surface area contributed by atoms with Gasteiger partial charge in [-0.3, -0.25) is 23.4 Å². The highest BCUT2D eigenvalue weighted by atomic mass is 31.2. The van der Waals surface area contributed by atoms with Crippen molar-refractivity contribution < 1.29 is 52.2 Å². The Labute approximate surface area is 464 Å². The zero-order chi connectivity index (χ0) is 55.5. The fraction of sp³-hybridized carbons (Fsp3) is 0.734. The number of carbonyl (C=O) groups excluding carboxylic acids is 3. The first kappa shape index (κ1) is 72.7. The first-order valence-corrected chi connectivity index (χ1v) is 32.0. The number of carbonyl (C=O) groups is 3. The molecule has 0 aliphatic heterocycles. The summed E-state index contributed by atoms with van der Waals surface area (Å²) in [5.74, 6) is -1.61. The van der Waals surface area contributed by atoms with Crippen molar-refractivity contribution >= 4 is 25.7 Å². The topological polar surface area (TPSA) is 155 Å². The van der Waals surface area contributed by atoms with Gasteiger partial charge >= 0.3 is 25.7 Å². The van der Waals surface area contributed by atoms with Crippen LogP contribution in [0.1, 0.15) is 265 Å². The highest BCUT2D eigenvalue weighted by molar-refractivity contribution is 7.47. The number of phosphoric acid groups is 1. The molecular formula is C64H111O11P. The minimum absolute atomic E-state index is 0.0574. The van der Waals surface area contributed by atoms with Crippen LogP contribution in [0.25, 0.3) is 0 Å². The highest BCUT2D eigenvalue weighted by Gasteiger charge is 2.28. The Kier molecular flexibility index (Phi) is 55.3. The lowest BCUT2D eigenvalue weighted by Gasteiger charge is -2.21. The lowest BCUT2D eigenvalue weighted by molar-refractivity contribution is -0.161. The van der Waals surface area contributed by atoms with Gasteiger partial charge in [-0.2, -0.15) is 0 Å². The minimum Gasteiger partial charge on any atom is -0.462 e. The van der Waals surface area contributed by atoms with Gasteiger partial charge in [-0.15, -0.1) is 0 Å². The molecule has 0 bridgehead atoms. The van der Waals surface area contributed by atoms with Crippen molar-refractivity contribution in [2.24, 2.45) is 0 Å². The molecule has 76 heavy (non-hydrogen) atoms. The summed E-state index contributed by atoms with van der Waals surface area (Å²) in [5.41, 5.74) is 0. The quantitative estimate of drug-likeness (QED) is 0.0197. The molecule has 0 aromatic carbocycles. The third-order valence-electron chi connectivity index (χ3n) is 12.8. The van der Waals surface area contributed by atoms with Gasteiger partial charge in [0, 0.05) is 12.8 Å². The van der Waals surface area contributed by atoms with Gasteiger partial charge in [0.1, 0.15) is 12.7 Å². The van der Waals surface area contributed by atoms with E-state index in [4.69, 9.17) is 23.3 Å². The number of allylic oxidation sites excluding steroid dienone is 13. The Bertz CT molecular complexity index is 1600. The van der Waals surface area contributed by atoms with E-state index in [9.17, 15) is 28.9 Å². The first-order chi connectivity index (χ1) is 37.2. The van der Waals surface area contributed by atoms with Crippen LogP contribution < -0.4 is 0 Å². The SMILES string of the molecule is CC/C=C\C/C=C\C/C=C\C/C=C\C/C=C\CC(=O)OC(CO)COP(=O)(O)OCC(COC(=O)CCCCCCC/C=C\CCCCCCCC)OC(=O)CCCCCCCCCCC/C=C\CCCCCCCC. The summed E-state index contributed by atoms with van der Waals surface area (Å²) in [6, 6.07) is 0. The second-order valence-corrected chi connectivity index (χ2v) is 21.6. The van der Waals surface area contributed by atoms with E-state index in [-0.39, 0.29) is 25.9 Å². The van der Waals surface area contributed by atoms with Crippen molar-refractivity contribution in [3.05, 3.63) is 85.1 Å². The summed E-state index contributed by atoms with van der Waals surface area (Å²) in [7, 11) is -4.78. The Balaban J connectivity index is 4.79. The first-order valence-electron chi connectivity index (χ1n) is 30.5. The maximum atomic E-state index is 12.9. The molecule has 0 saturated carbocycles. The van der Waals surface area contributed by atoms with Gasteiger partial charge in [0.2, 0.25) is 0 Å². The summed E-state index contributed by atoms with van der Waals surface area (Å²) >= 11 is 0. The number of phosphoric ester groups is 1. The highest BCUT2D eigenvalue weighted by Crippen LogP contribution is 2.43. The smallest absolute Gasteiger partial charge is 0.462 e. The average molecular weight is 1090 g/mol. The normalized spacial score (nSPS) is 13.9. The largest absolute Gasteiger partial charge is 0.472 e. The molecule has 0 aromatic heterocycles. The molecule has 0 fully saturated rings. The number of hydrogen-bond donors (Lipinski definition) is 2. The molecule has 11 nitrogen and oxygen atoms in total. The van der Waals surface area contributed by atoms with E-state index in [1.807, 2.05) is 18.2 Å². The van der Waals surface area contributed by atoms with E-state index in [1.165, 1.54) is 122 Å². The molecule has 0 amide bonds. The van der Waals surface area contributed by atoms with Crippen LogP contribution in [-0.2, 0) is 42.2 Å². The molecule has 2 N–H and O–H groups in total. The molecule has 0 heterocycles. The zero-order valence-electron chi connectivity index (χ0n) is 48.5. The van der Waals surface area contributed by atoms with E-state index in [1.54, 1.807) is 6.08 Å². The molecule has 438 valence electrons. The maximum absolute atomic E-state index is 12.9. The number of esters is 3. The monoisotopic (exact) mass is 1090 g/mol. The number of unbranched alkanes of at least 4 members (excludes halogenated alkanes) is 26. The lowest BCUT2D eigenvalue weighted by Crippen LogP contribution is -2.30. The number of aliphatic hydroxyl groups is 1. The third-order valence-corrected chi connectivity index (χ3v) is 13.8. The summed E-state index contributed by atoms with van der Waals surface area (Å²) in [5, 5.41) is 9.80. The summed E-state index contributed by atoms with van der Waals surface area (Å²) in [4.78, 5) is 48.6. The molecule has 0 aliphatic carbocycles.